The molecule has 0 aromatic heterocycles. The maximum Gasteiger partial charge on any atom is 0.312 e. The summed E-state index contributed by atoms with van der Waals surface area (Å²) in [6.45, 7) is 13.4. The monoisotopic (exact) mass is 364 g/mol. The first-order chi connectivity index (χ1) is 11.4. The molecular weight excluding hydrogens is 332 g/mol. The smallest absolute Gasteiger partial charge is 0.312 e. The normalized spacial score (nSPS) is 24.2. The topological polar surface area (TPSA) is 94.1 Å². The molecule has 1 atom stereocenters. The second-order valence-electron chi connectivity index (χ2n) is 9.07. The van der Waals surface area contributed by atoms with Crippen LogP contribution in [-0.4, -0.2) is 26.0 Å². The second-order valence-corrected chi connectivity index (χ2v) is 13.9. The predicted octanol–water partition coefficient (Wildman–Crippen LogP) is 4.57. The highest BCUT2D eigenvalue weighted by Gasteiger charge is 2.49. The highest BCUT2D eigenvalue weighted by Crippen LogP contribution is 2.45. The van der Waals surface area contributed by atoms with Gasteiger partial charge in [0.05, 0.1) is 17.6 Å². The highest BCUT2D eigenvalue weighted by molar-refractivity contribution is 6.74. The van der Waals surface area contributed by atoms with Crippen LogP contribution in [0.4, 0.5) is 0 Å². The van der Waals surface area contributed by atoms with Gasteiger partial charge >= 0.3 is 5.97 Å². The Morgan fingerprint density at radius 1 is 1.16 bits per heavy atom. The molecule has 1 aliphatic carbocycles. The van der Waals surface area contributed by atoms with Crippen molar-refractivity contribution in [1.29, 1.82) is 10.5 Å². The number of hydrogen-bond donors (Lipinski definition) is 1. The summed E-state index contributed by atoms with van der Waals surface area (Å²) in [4.78, 5) is 11.8. The van der Waals surface area contributed by atoms with Gasteiger partial charge in [-0.2, -0.15) is 10.5 Å². The lowest BCUT2D eigenvalue weighted by Gasteiger charge is -2.41. The molecule has 1 N–H and O–H groups in total. The summed E-state index contributed by atoms with van der Waals surface area (Å²) < 4.78 is 6.31. The summed E-state index contributed by atoms with van der Waals surface area (Å²) in [7, 11) is -1.77. The van der Waals surface area contributed by atoms with Crippen molar-refractivity contribution in [3.05, 3.63) is 0 Å². The Balaban J connectivity index is 2.71. The van der Waals surface area contributed by atoms with Crippen molar-refractivity contribution in [3.63, 3.8) is 0 Å². The van der Waals surface area contributed by atoms with E-state index >= 15 is 0 Å². The van der Waals surface area contributed by atoms with Crippen LogP contribution in [-0.2, 0) is 9.22 Å². The average molecular weight is 365 g/mol. The van der Waals surface area contributed by atoms with Crippen molar-refractivity contribution in [2.45, 2.75) is 71.5 Å². The first kappa shape index (κ1) is 21.7. The molecule has 0 bridgehead atoms. The van der Waals surface area contributed by atoms with Gasteiger partial charge in [-0.15, -0.1) is 0 Å². The largest absolute Gasteiger partial charge is 0.481 e. The number of carbonyl (C=O) groups is 1. The molecular formula is C19H32N2O3Si. The molecule has 6 heteroatoms. The highest BCUT2D eigenvalue weighted by atomic mass is 28.4. The zero-order valence-corrected chi connectivity index (χ0v) is 17.4. The van der Waals surface area contributed by atoms with Gasteiger partial charge in [0.15, 0.2) is 8.32 Å². The lowest BCUT2D eigenvalue weighted by atomic mass is 9.62. The Morgan fingerprint density at radius 2 is 1.64 bits per heavy atom. The van der Waals surface area contributed by atoms with E-state index in [0.29, 0.717) is 5.92 Å². The number of aliphatic carboxylic acids is 1. The maximum atomic E-state index is 11.8. The van der Waals surface area contributed by atoms with Gasteiger partial charge in [-0.05, 0) is 62.6 Å². The van der Waals surface area contributed by atoms with Gasteiger partial charge in [-0.3, -0.25) is 4.79 Å². The molecule has 25 heavy (non-hydrogen) atoms. The molecule has 5 nitrogen and oxygen atoms in total. The van der Waals surface area contributed by atoms with Gasteiger partial charge in [0.2, 0.25) is 0 Å². The minimum absolute atomic E-state index is 0.140. The molecule has 0 saturated heterocycles. The van der Waals surface area contributed by atoms with Crippen molar-refractivity contribution < 1.29 is 14.3 Å². The van der Waals surface area contributed by atoms with Gasteiger partial charge in [-0.25, -0.2) is 0 Å². The van der Waals surface area contributed by atoms with Crippen LogP contribution < -0.4 is 0 Å². The molecule has 0 spiro atoms. The third kappa shape index (κ3) is 4.62. The van der Waals surface area contributed by atoms with Crippen LogP contribution in [0.3, 0.4) is 0 Å². The molecule has 0 radical (unpaired) electrons. The Bertz CT molecular complexity index is 549. The summed E-state index contributed by atoms with van der Waals surface area (Å²) in [5.74, 6) is -1.86. The third-order valence-electron chi connectivity index (χ3n) is 6.50. The minimum atomic E-state index is -1.77. The average Bonchev–Trinajstić information content (AvgIpc) is 2.53. The van der Waals surface area contributed by atoms with Crippen molar-refractivity contribution in [2.75, 3.05) is 6.61 Å². The molecule has 140 valence electrons. The maximum absolute atomic E-state index is 11.8. The van der Waals surface area contributed by atoms with E-state index in [0.717, 1.165) is 32.3 Å². The number of nitriles is 2. The molecule has 0 aromatic carbocycles. The Hall–Kier alpha value is -1.37. The van der Waals surface area contributed by atoms with E-state index in [9.17, 15) is 20.4 Å². The zero-order valence-electron chi connectivity index (χ0n) is 16.4. The Morgan fingerprint density at radius 3 is 2.00 bits per heavy atom. The van der Waals surface area contributed by atoms with Gasteiger partial charge in [0, 0.05) is 6.61 Å². The van der Waals surface area contributed by atoms with E-state index in [4.69, 9.17) is 4.43 Å². The number of nitrogens with zero attached hydrogens (tertiary/aromatic N) is 2. The van der Waals surface area contributed by atoms with Gasteiger partial charge < -0.3 is 9.53 Å². The van der Waals surface area contributed by atoms with E-state index < -0.39 is 25.6 Å². The van der Waals surface area contributed by atoms with Crippen LogP contribution in [0.15, 0.2) is 0 Å². The van der Waals surface area contributed by atoms with Gasteiger partial charge in [-0.1, -0.05) is 20.8 Å². The standard InChI is InChI=1S/C19H32N2O3Si/c1-18(2,3)25(5,6)24-13-14-7-9-15(10-8-14)19(4,17(22)23)16(11-20)12-21/h14-16H,7-10,13H2,1-6H3,(H,22,23). The van der Waals surface area contributed by atoms with E-state index in [-0.39, 0.29) is 11.0 Å². The van der Waals surface area contributed by atoms with Crippen molar-refractivity contribution in [1.82, 2.24) is 0 Å². The molecule has 0 aromatic rings. The third-order valence-corrected chi connectivity index (χ3v) is 11.0. The van der Waals surface area contributed by atoms with Crippen LogP contribution in [0.25, 0.3) is 0 Å². The van der Waals surface area contributed by atoms with E-state index in [2.05, 4.69) is 33.9 Å². The molecule has 1 rings (SSSR count). The summed E-state index contributed by atoms with van der Waals surface area (Å²) in [6, 6.07) is 3.77. The fourth-order valence-electron chi connectivity index (χ4n) is 3.30. The molecule has 0 amide bonds. The molecule has 1 fully saturated rings. The number of hydrogen-bond acceptors (Lipinski definition) is 4. The molecule has 0 heterocycles. The van der Waals surface area contributed by atoms with Crippen LogP contribution in [0.2, 0.25) is 18.1 Å². The summed E-state index contributed by atoms with van der Waals surface area (Å²) in [5.41, 5.74) is -1.30. The lowest BCUT2D eigenvalue weighted by Crippen LogP contribution is -2.44. The zero-order chi connectivity index (χ0) is 19.5. The van der Waals surface area contributed by atoms with Crippen LogP contribution in [0, 0.1) is 45.8 Å². The Kier molecular flexibility index (Phi) is 6.84. The predicted molar refractivity (Wildman–Crippen MR) is 99.1 cm³/mol. The van der Waals surface area contributed by atoms with Crippen LogP contribution in [0.5, 0.6) is 0 Å². The second kappa shape index (κ2) is 7.89. The summed E-state index contributed by atoms with van der Waals surface area (Å²) in [6.07, 6.45) is 3.25. The minimum Gasteiger partial charge on any atom is -0.481 e. The van der Waals surface area contributed by atoms with Crippen molar-refractivity contribution in [2.24, 2.45) is 23.2 Å². The van der Waals surface area contributed by atoms with Crippen LogP contribution in [0.1, 0.15) is 53.4 Å². The van der Waals surface area contributed by atoms with Gasteiger partial charge in [0.25, 0.3) is 0 Å². The number of rotatable bonds is 6. The fourth-order valence-corrected chi connectivity index (χ4v) is 4.39. The summed E-state index contributed by atoms with van der Waals surface area (Å²) >= 11 is 0. The van der Waals surface area contributed by atoms with Crippen molar-refractivity contribution in [3.8, 4) is 12.1 Å². The Labute approximate surface area is 153 Å². The number of carboxylic acids is 1. The van der Waals surface area contributed by atoms with E-state index in [1.807, 2.05) is 12.1 Å². The van der Waals surface area contributed by atoms with Crippen LogP contribution >= 0.6 is 0 Å². The SMILES string of the molecule is CC(C(=O)O)(C(C#N)C#N)C1CCC(CO[Si](C)(C)C(C)(C)C)CC1. The quantitative estimate of drug-likeness (QED) is 0.697. The molecule has 1 aliphatic rings. The number of carboxylic acid groups (broad SMARTS) is 1. The van der Waals surface area contributed by atoms with E-state index in [1.165, 1.54) is 0 Å². The fraction of sp³-hybridized carbons (Fsp3) is 0.842. The molecule has 0 aliphatic heterocycles. The molecule has 1 unspecified atom stereocenters. The summed E-state index contributed by atoms with van der Waals surface area (Å²) in [5, 5.41) is 28.2. The van der Waals surface area contributed by atoms with Gasteiger partial charge in [0.1, 0.15) is 5.92 Å². The van der Waals surface area contributed by atoms with Crippen molar-refractivity contribution >= 4 is 14.3 Å². The van der Waals surface area contributed by atoms with E-state index in [1.54, 1.807) is 6.92 Å². The first-order valence-electron chi connectivity index (χ1n) is 9.06. The molecule has 1 saturated carbocycles. The first-order valence-corrected chi connectivity index (χ1v) is 12.0. The lowest BCUT2D eigenvalue weighted by molar-refractivity contribution is -0.154.